The molecule has 0 radical (unpaired) electrons. The number of benzene rings is 1. The summed E-state index contributed by atoms with van der Waals surface area (Å²) in [5.41, 5.74) is 0.563. The molecule has 9 nitrogen and oxygen atoms in total. The third kappa shape index (κ3) is 4.23. The van der Waals surface area contributed by atoms with Crippen LogP contribution in [0.1, 0.15) is 30.5 Å². The smallest absolute Gasteiger partial charge is 0.316 e. The van der Waals surface area contributed by atoms with Crippen molar-refractivity contribution in [3.63, 3.8) is 0 Å². The van der Waals surface area contributed by atoms with Crippen LogP contribution >= 0.6 is 0 Å². The Morgan fingerprint density at radius 3 is 2.68 bits per heavy atom. The Labute approximate surface area is 164 Å². The highest BCUT2D eigenvalue weighted by Gasteiger charge is 2.25. The maximum absolute atomic E-state index is 12.3. The van der Waals surface area contributed by atoms with Crippen LogP contribution in [0.3, 0.4) is 0 Å². The van der Waals surface area contributed by atoms with Gasteiger partial charge in [-0.1, -0.05) is 12.1 Å². The maximum Gasteiger partial charge on any atom is 0.316 e. The van der Waals surface area contributed by atoms with Crippen LogP contribution in [0.2, 0.25) is 0 Å². The summed E-state index contributed by atoms with van der Waals surface area (Å²) in [7, 11) is -0.564. The maximum atomic E-state index is 12.3. The number of nitrogens with one attached hydrogen (secondary N) is 1. The molecule has 0 aliphatic carbocycles. The Bertz CT molecular complexity index is 924. The molecule has 1 saturated heterocycles. The van der Waals surface area contributed by atoms with E-state index in [9.17, 15) is 13.2 Å². The molecule has 1 N–H and O–H groups in total. The first-order valence-corrected chi connectivity index (χ1v) is 10.7. The monoisotopic (exact) mass is 407 g/mol. The SMILES string of the molecule is CCN1CCC[C@@H]1CNC(=O)c1nc(-c2ccc(S(=O)(=O)N(C)C)cc2)no1. The average molecular weight is 407 g/mol. The molecule has 2 aromatic rings. The van der Waals surface area contributed by atoms with Gasteiger partial charge in [0.25, 0.3) is 0 Å². The van der Waals surface area contributed by atoms with Gasteiger partial charge in [0.15, 0.2) is 0 Å². The van der Waals surface area contributed by atoms with Crippen LogP contribution in [0.4, 0.5) is 0 Å². The van der Waals surface area contributed by atoms with Crippen molar-refractivity contribution in [3.05, 3.63) is 30.2 Å². The van der Waals surface area contributed by atoms with Gasteiger partial charge in [0.1, 0.15) is 0 Å². The van der Waals surface area contributed by atoms with Crippen molar-refractivity contribution in [3.8, 4) is 11.4 Å². The number of hydrogen-bond acceptors (Lipinski definition) is 7. The Morgan fingerprint density at radius 1 is 1.32 bits per heavy atom. The van der Waals surface area contributed by atoms with Gasteiger partial charge in [-0.3, -0.25) is 9.69 Å². The summed E-state index contributed by atoms with van der Waals surface area (Å²) < 4.78 is 30.5. The van der Waals surface area contributed by atoms with Gasteiger partial charge in [0, 0.05) is 32.2 Å². The molecule has 1 aromatic carbocycles. The van der Waals surface area contributed by atoms with Gasteiger partial charge in [-0.15, -0.1) is 0 Å². The number of aromatic nitrogens is 2. The van der Waals surface area contributed by atoms with Crippen LogP contribution in [0.25, 0.3) is 11.4 Å². The lowest BCUT2D eigenvalue weighted by Gasteiger charge is -2.22. The summed E-state index contributed by atoms with van der Waals surface area (Å²) in [5, 5.41) is 6.68. The zero-order valence-electron chi connectivity index (χ0n) is 16.3. The molecule has 1 amide bonds. The van der Waals surface area contributed by atoms with Crippen molar-refractivity contribution >= 4 is 15.9 Å². The minimum absolute atomic E-state index is 0.110. The number of likely N-dealkylation sites (tertiary alicyclic amines) is 1. The van der Waals surface area contributed by atoms with E-state index in [2.05, 4.69) is 27.3 Å². The van der Waals surface area contributed by atoms with Gasteiger partial charge >= 0.3 is 11.8 Å². The van der Waals surface area contributed by atoms with Crippen molar-refractivity contribution in [2.24, 2.45) is 0 Å². The molecule has 10 heteroatoms. The largest absolute Gasteiger partial charge is 0.346 e. The number of nitrogens with zero attached hydrogens (tertiary/aromatic N) is 4. The number of hydrogen-bond donors (Lipinski definition) is 1. The summed E-state index contributed by atoms with van der Waals surface area (Å²) in [6.07, 6.45) is 2.20. The van der Waals surface area contributed by atoms with E-state index >= 15 is 0 Å². The number of likely N-dealkylation sites (N-methyl/N-ethyl adjacent to an activating group) is 1. The molecule has 0 spiro atoms. The third-order valence-electron chi connectivity index (χ3n) is 4.91. The van der Waals surface area contributed by atoms with Crippen LogP contribution in [-0.4, -0.2) is 73.4 Å². The topological polar surface area (TPSA) is 109 Å². The highest BCUT2D eigenvalue weighted by atomic mass is 32.2. The quantitative estimate of drug-likeness (QED) is 0.734. The minimum atomic E-state index is -3.51. The molecule has 1 fully saturated rings. The van der Waals surface area contributed by atoms with E-state index in [1.165, 1.54) is 26.2 Å². The zero-order chi connectivity index (χ0) is 20.3. The van der Waals surface area contributed by atoms with Gasteiger partial charge in [-0.05, 0) is 50.2 Å². The van der Waals surface area contributed by atoms with Gasteiger partial charge in [0.2, 0.25) is 15.8 Å². The predicted molar refractivity (Wildman–Crippen MR) is 103 cm³/mol. The van der Waals surface area contributed by atoms with Crippen LogP contribution in [-0.2, 0) is 10.0 Å². The second-order valence-corrected chi connectivity index (χ2v) is 9.02. The van der Waals surface area contributed by atoms with E-state index in [1.54, 1.807) is 12.1 Å². The lowest BCUT2D eigenvalue weighted by Crippen LogP contribution is -2.40. The first-order chi connectivity index (χ1) is 13.3. The fraction of sp³-hybridized carbons (Fsp3) is 0.500. The Morgan fingerprint density at radius 2 is 2.04 bits per heavy atom. The molecule has 0 unspecified atom stereocenters. The summed E-state index contributed by atoms with van der Waals surface area (Å²) in [6, 6.07) is 6.45. The lowest BCUT2D eigenvalue weighted by atomic mass is 10.2. The Balaban J connectivity index is 1.66. The first-order valence-electron chi connectivity index (χ1n) is 9.22. The van der Waals surface area contributed by atoms with Crippen LogP contribution in [0.5, 0.6) is 0 Å². The second-order valence-electron chi connectivity index (χ2n) is 6.87. The summed E-state index contributed by atoms with van der Waals surface area (Å²) in [6.45, 7) is 4.67. The molecule has 1 aromatic heterocycles. The number of carbonyl (C=O) groups excluding carboxylic acids is 1. The molecule has 0 bridgehead atoms. The van der Waals surface area contributed by atoms with Crippen LogP contribution < -0.4 is 5.32 Å². The second kappa shape index (κ2) is 8.38. The highest BCUT2D eigenvalue weighted by Crippen LogP contribution is 2.20. The van der Waals surface area contributed by atoms with E-state index in [0.717, 1.165) is 30.2 Å². The lowest BCUT2D eigenvalue weighted by molar-refractivity contribution is 0.0897. The predicted octanol–water partition coefficient (Wildman–Crippen LogP) is 1.20. The van der Waals surface area contributed by atoms with E-state index in [4.69, 9.17) is 4.52 Å². The van der Waals surface area contributed by atoms with Gasteiger partial charge in [0.05, 0.1) is 4.90 Å². The Hall–Kier alpha value is -2.30. The third-order valence-corrected chi connectivity index (χ3v) is 6.74. The molecule has 0 saturated carbocycles. The van der Waals surface area contributed by atoms with Crippen molar-refractivity contribution in [2.75, 3.05) is 33.7 Å². The van der Waals surface area contributed by atoms with Crippen LogP contribution in [0.15, 0.2) is 33.7 Å². The molecular formula is C18H25N5O4S. The van der Waals surface area contributed by atoms with Crippen molar-refractivity contribution in [1.82, 2.24) is 24.7 Å². The molecule has 3 rings (SSSR count). The number of rotatable bonds is 7. The number of sulfonamides is 1. The Kier molecular flexibility index (Phi) is 6.11. The van der Waals surface area contributed by atoms with Crippen molar-refractivity contribution < 1.29 is 17.7 Å². The molecule has 152 valence electrons. The molecule has 2 heterocycles. The molecule has 1 aliphatic rings. The summed E-state index contributed by atoms with van der Waals surface area (Å²) in [5.74, 6) is -0.287. The summed E-state index contributed by atoms with van der Waals surface area (Å²) in [4.78, 5) is 18.9. The fourth-order valence-electron chi connectivity index (χ4n) is 3.25. The standard InChI is InChI=1S/C18H25N5O4S/c1-4-23-11-5-6-14(23)12-19-17(24)18-20-16(21-27-18)13-7-9-15(10-8-13)28(25,26)22(2)3/h7-10,14H,4-6,11-12H2,1-3H3,(H,19,24)/t14-/m1/s1. The highest BCUT2D eigenvalue weighted by molar-refractivity contribution is 7.89. The van der Waals surface area contributed by atoms with E-state index in [0.29, 0.717) is 18.2 Å². The molecular weight excluding hydrogens is 382 g/mol. The van der Waals surface area contributed by atoms with Gasteiger partial charge in [-0.2, -0.15) is 4.98 Å². The number of amides is 1. The van der Waals surface area contributed by atoms with Gasteiger partial charge in [-0.25, -0.2) is 12.7 Å². The van der Waals surface area contributed by atoms with Crippen molar-refractivity contribution in [2.45, 2.75) is 30.7 Å². The normalized spacial score (nSPS) is 17.9. The van der Waals surface area contributed by atoms with Crippen molar-refractivity contribution in [1.29, 1.82) is 0 Å². The average Bonchev–Trinajstić information content (AvgIpc) is 3.35. The van der Waals surface area contributed by atoms with E-state index in [-0.39, 0.29) is 16.6 Å². The first kappa shape index (κ1) is 20.4. The summed E-state index contributed by atoms with van der Waals surface area (Å²) >= 11 is 0. The molecule has 28 heavy (non-hydrogen) atoms. The molecule has 1 atom stereocenters. The van der Waals surface area contributed by atoms with E-state index < -0.39 is 15.9 Å². The van der Waals surface area contributed by atoms with Gasteiger partial charge < -0.3 is 9.84 Å². The number of carbonyl (C=O) groups is 1. The molecule has 1 aliphatic heterocycles. The van der Waals surface area contributed by atoms with E-state index in [1.807, 2.05) is 0 Å². The zero-order valence-corrected chi connectivity index (χ0v) is 17.1. The fourth-order valence-corrected chi connectivity index (χ4v) is 4.15. The van der Waals surface area contributed by atoms with Crippen LogP contribution in [0, 0.1) is 0 Å². The minimum Gasteiger partial charge on any atom is -0.346 e.